The van der Waals surface area contributed by atoms with Gasteiger partial charge in [0.25, 0.3) is 0 Å². The fourth-order valence-corrected chi connectivity index (χ4v) is 6.44. The summed E-state index contributed by atoms with van der Waals surface area (Å²) in [5, 5.41) is 3.36. The summed E-state index contributed by atoms with van der Waals surface area (Å²) in [7, 11) is 0. The van der Waals surface area contributed by atoms with Gasteiger partial charge in [-0.15, -0.1) is 0 Å². The number of fused-ring (bicyclic) bond motifs is 7. The minimum atomic E-state index is -1.42. The Balaban J connectivity index is 1.58. The standard InChI is InChI=1S/C22H16Cl2FN3O3/c23-10-3-5-13(24)16(8-10)28-19(29)17-15-2-1-7-27(15)22(18(17)20(28)30)12-9-11(25)4-6-14(12)26-21(22)31/h3-6,8-9,15,17-18H,1-2,7H2,(H,26,31)/t15-,17-,18+,22+/m1/s1. The van der Waals surface area contributed by atoms with E-state index < -0.39 is 40.9 Å². The first-order valence-corrected chi connectivity index (χ1v) is 10.8. The van der Waals surface area contributed by atoms with Gasteiger partial charge in [-0.1, -0.05) is 23.2 Å². The van der Waals surface area contributed by atoms with Gasteiger partial charge in [0.15, 0.2) is 0 Å². The summed E-state index contributed by atoms with van der Waals surface area (Å²) in [4.78, 5) is 43.9. The smallest absolute Gasteiger partial charge is 0.250 e. The highest BCUT2D eigenvalue weighted by molar-refractivity contribution is 6.38. The molecule has 4 atom stereocenters. The molecule has 31 heavy (non-hydrogen) atoms. The van der Waals surface area contributed by atoms with Gasteiger partial charge in [0.2, 0.25) is 17.7 Å². The first kappa shape index (κ1) is 19.2. The molecule has 3 saturated heterocycles. The van der Waals surface area contributed by atoms with Crippen LogP contribution in [0.15, 0.2) is 36.4 Å². The van der Waals surface area contributed by atoms with Crippen LogP contribution >= 0.6 is 23.2 Å². The molecule has 0 radical (unpaired) electrons. The Morgan fingerprint density at radius 3 is 2.68 bits per heavy atom. The number of amides is 3. The molecule has 3 amide bonds. The van der Waals surface area contributed by atoms with E-state index in [2.05, 4.69) is 5.32 Å². The van der Waals surface area contributed by atoms with Crippen LogP contribution in [0.4, 0.5) is 15.8 Å². The van der Waals surface area contributed by atoms with Gasteiger partial charge in [-0.25, -0.2) is 9.29 Å². The number of rotatable bonds is 1. The minimum absolute atomic E-state index is 0.205. The summed E-state index contributed by atoms with van der Waals surface area (Å²) >= 11 is 12.4. The number of halogens is 3. The van der Waals surface area contributed by atoms with Crippen LogP contribution in [0.2, 0.25) is 10.0 Å². The molecule has 158 valence electrons. The van der Waals surface area contributed by atoms with Crippen LogP contribution in [0, 0.1) is 17.7 Å². The zero-order valence-electron chi connectivity index (χ0n) is 16.1. The molecule has 0 saturated carbocycles. The van der Waals surface area contributed by atoms with E-state index in [9.17, 15) is 18.8 Å². The molecule has 9 heteroatoms. The van der Waals surface area contributed by atoms with E-state index in [1.807, 2.05) is 4.90 Å². The number of anilines is 2. The summed E-state index contributed by atoms with van der Waals surface area (Å²) in [6.45, 7) is 0.555. The summed E-state index contributed by atoms with van der Waals surface area (Å²) in [5.74, 6) is -3.49. The van der Waals surface area contributed by atoms with Crippen molar-refractivity contribution in [2.24, 2.45) is 11.8 Å². The van der Waals surface area contributed by atoms with Gasteiger partial charge in [0.1, 0.15) is 11.4 Å². The maximum atomic E-state index is 14.3. The number of carbonyl (C=O) groups excluding carboxylic acids is 3. The number of imide groups is 1. The average Bonchev–Trinajstić information content (AvgIpc) is 3.43. The van der Waals surface area contributed by atoms with E-state index in [4.69, 9.17) is 23.2 Å². The fraction of sp³-hybridized carbons (Fsp3) is 0.318. The van der Waals surface area contributed by atoms with Crippen molar-refractivity contribution >= 4 is 52.3 Å². The zero-order valence-corrected chi connectivity index (χ0v) is 17.6. The van der Waals surface area contributed by atoms with Crippen molar-refractivity contribution in [3.05, 3.63) is 57.8 Å². The van der Waals surface area contributed by atoms with E-state index in [0.29, 0.717) is 29.2 Å². The Morgan fingerprint density at radius 1 is 1.06 bits per heavy atom. The first-order valence-electron chi connectivity index (χ1n) is 10.1. The molecule has 2 aromatic rings. The third-order valence-electron chi connectivity index (χ3n) is 7.10. The average molecular weight is 460 g/mol. The summed E-state index contributed by atoms with van der Waals surface area (Å²) < 4.78 is 14.3. The molecule has 4 heterocycles. The minimum Gasteiger partial charge on any atom is -0.324 e. The highest BCUT2D eigenvalue weighted by atomic mass is 35.5. The highest BCUT2D eigenvalue weighted by Crippen LogP contribution is 2.61. The molecule has 3 fully saturated rings. The first-order chi connectivity index (χ1) is 14.9. The van der Waals surface area contributed by atoms with E-state index in [1.165, 1.54) is 30.3 Å². The van der Waals surface area contributed by atoms with Gasteiger partial charge in [0.05, 0.1) is 22.5 Å². The Morgan fingerprint density at radius 2 is 1.87 bits per heavy atom. The number of hydrogen-bond acceptors (Lipinski definition) is 4. The number of carbonyl (C=O) groups is 3. The molecule has 0 aliphatic carbocycles. The molecule has 6 nitrogen and oxygen atoms in total. The van der Waals surface area contributed by atoms with E-state index >= 15 is 0 Å². The second-order valence-corrected chi connectivity index (χ2v) is 9.27. The molecule has 6 rings (SSSR count). The Kier molecular flexibility index (Phi) is 3.89. The summed E-state index contributed by atoms with van der Waals surface area (Å²) in [6.07, 6.45) is 1.46. The summed E-state index contributed by atoms with van der Waals surface area (Å²) in [6, 6.07) is 8.36. The van der Waals surface area contributed by atoms with Crippen LogP contribution in [0.1, 0.15) is 18.4 Å². The third-order valence-corrected chi connectivity index (χ3v) is 7.66. The van der Waals surface area contributed by atoms with Gasteiger partial charge in [-0.3, -0.25) is 19.3 Å². The number of nitrogens with zero attached hydrogens (tertiary/aromatic N) is 2. The predicted molar refractivity (Wildman–Crippen MR) is 112 cm³/mol. The second kappa shape index (κ2) is 6.28. The van der Waals surface area contributed by atoms with Crippen molar-refractivity contribution in [3.8, 4) is 0 Å². The van der Waals surface area contributed by atoms with Gasteiger partial charge >= 0.3 is 0 Å². The van der Waals surface area contributed by atoms with Crippen LogP contribution < -0.4 is 10.2 Å². The van der Waals surface area contributed by atoms with E-state index in [1.54, 1.807) is 6.07 Å². The van der Waals surface area contributed by atoms with Crippen molar-refractivity contribution in [2.75, 3.05) is 16.8 Å². The fourth-order valence-electron chi connectivity index (χ4n) is 6.07. The molecule has 0 bridgehead atoms. The lowest BCUT2D eigenvalue weighted by atomic mass is 9.75. The monoisotopic (exact) mass is 459 g/mol. The number of hydrogen-bond donors (Lipinski definition) is 1. The largest absolute Gasteiger partial charge is 0.324 e. The molecule has 4 aliphatic rings. The zero-order chi connectivity index (χ0) is 21.7. The molecule has 0 unspecified atom stereocenters. The lowest BCUT2D eigenvalue weighted by Crippen LogP contribution is -2.54. The maximum absolute atomic E-state index is 14.3. The van der Waals surface area contributed by atoms with E-state index in [-0.39, 0.29) is 16.8 Å². The van der Waals surface area contributed by atoms with Crippen LogP contribution in [-0.4, -0.2) is 35.2 Å². The molecule has 1 spiro atoms. The van der Waals surface area contributed by atoms with Crippen molar-refractivity contribution in [1.29, 1.82) is 0 Å². The molecule has 0 aromatic heterocycles. The van der Waals surface area contributed by atoms with Crippen LogP contribution in [0.3, 0.4) is 0 Å². The van der Waals surface area contributed by atoms with Crippen molar-refractivity contribution in [1.82, 2.24) is 4.90 Å². The normalized spacial score (nSPS) is 31.4. The van der Waals surface area contributed by atoms with Crippen LogP contribution in [0.5, 0.6) is 0 Å². The van der Waals surface area contributed by atoms with Crippen molar-refractivity contribution in [2.45, 2.75) is 24.4 Å². The third kappa shape index (κ3) is 2.24. The van der Waals surface area contributed by atoms with E-state index in [0.717, 1.165) is 11.3 Å². The van der Waals surface area contributed by atoms with Crippen LogP contribution in [-0.2, 0) is 19.9 Å². The van der Waals surface area contributed by atoms with Gasteiger partial charge < -0.3 is 5.32 Å². The topological polar surface area (TPSA) is 69.7 Å². The quantitative estimate of drug-likeness (QED) is 0.661. The van der Waals surface area contributed by atoms with Gasteiger partial charge in [-0.2, -0.15) is 0 Å². The SMILES string of the molecule is O=C1[C@@H]2[C@H]3CCCN3[C@]3(C(=O)Nc4ccc(F)cc43)[C@@H]2C(=O)N1c1cc(Cl)ccc1Cl. The molecular weight excluding hydrogens is 444 g/mol. The van der Waals surface area contributed by atoms with Crippen molar-refractivity contribution in [3.63, 3.8) is 0 Å². The Bertz CT molecular complexity index is 1200. The maximum Gasteiger partial charge on any atom is 0.250 e. The van der Waals surface area contributed by atoms with Gasteiger partial charge in [0, 0.05) is 22.3 Å². The number of benzene rings is 2. The molecule has 4 aliphatic heterocycles. The number of nitrogens with one attached hydrogen (secondary N) is 1. The second-order valence-electron chi connectivity index (χ2n) is 8.42. The molecule has 1 N–H and O–H groups in total. The predicted octanol–water partition coefficient (Wildman–Crippen LogP) is 3.56. The Hall–Kier alpha value is -2.48. The van der Waals surface area contributed by atoms with Crippen LogP contribution in [0.25, 0.3) is 0 Å². The summed E-state index contributed by atoms with van der Waals surface area (Å²) in [5.41, 5.74) is -0.332. The highest BCUT2D eigenvalue weighted by Gasteiger charge is 2.74. The molecule has 2 aromatic carbocycles. The molecular formula is C22H16Cl2FN3O3. The lowest BCUT2D eigenvalue weighted by Gasteiger charge is -2.36. The van der Waals surface area contributed by atoms with Gasteiger partial charge in [-0.05, 0) is 55.8 Å². The Labute approximate surface area is 186 Å². The lowest BCUT2D eigenvalue weighted by molar-refractivity contribution is -0.135. The van der Waals surface area contributed by atoms with Crippen molar-refractivity contribution < 1.29 is 18.8 Å².